The van der Waals surface area contributed by atoms with E-state index in [4.69, 9.17) is 4.52 Å². The lowest BCUT2D eigenvalue weighted by atomic mass is 10.1. The second-order valence-corrected chi connectivity index (χ2v) is 8.42. The van der Waals surface area contributed by atoms with Crippen molar-refractivity contribution in [2.24, 2.45) is 0 Å². The SMILES string of the molecule is CCOP(=O)(NCc1ccccc1)c1ccc(Br)c2ccccc12. The highest BCUT2D eigenvalue weighted by Crippen LogP contribution is 2.44. The van der Waals surface area contributed by atoms with Crippen molar-refractivity contribution in [3.8, 4) is 0 Å². The molecule has 0 heterocycles. The molecule has 0 aliphatic heterocycles. The number of hydrogen-bond donors (Lipinski definition) is 1. The van der Waals surface area contributed by atoms with Crippen molar-refractivity contribution < 1.29 is 9.09 Å². The second kappa shape index (κ2) is 7.62. The lowest BCUT2D eigenvalue weighted by molar-refractivity contribution is 0.332. The number of benzene rings is 3. The van der Waals surface area contributed by atoms with Crippen LogP contribution in [0.5, 0.6) is 0 Å². The lowest BCUT2D eigenvalue weighted by Crippen LogP contribution is -2.22. The van der Waals surface area contributed by atoms with Gasteiger partial charge in [0.25, 0.3) is 0 Å². The Hall–Kier alpha value is -1.45. The molecular weight excluding hydrogens is 385 g/mol. The Kier molecular flexibility index (Phi) is 5.52. The van der Waals surface area contributed by atoms with Gasteiger partial charge in [0.05, 0.1) is 11.9 Å². The van der Waals surface area contributed by atoms with Crippen molar-refractivity contribution in [3.05, 3.63) is 76.8 Å². The van der Waals surface area contributed by atoms with Crippen LogP contribution in [0.2, 0.25) is 0 Å². The molecule has 0 aliphatic carbocycles. The molecule has 0 bridgehead atoms. The summed E-state index contributed by atoms with van der Waals surface area (Å²) in [6.45, 7) is 2.73. The summed E-state index contributed by atoms with van der Waals surface area (Å²) >= 11 is 3.56. The Morgan fingerprint density at radius 2 is 1.62 bits per heavy atom. The number of halogens is 1. The summed E-state index contributed by atoms with van der Waals surface area (Å²) in [5, 5.41) is 5.83. The van der Waals surface area contributed by atoms with Crippen LogP contribution in [0.1, 0.15) is 12.5 Å². The van der Waals surface area contributed by atoms with Crippen LogP contribution in [0, 0.1) is 0 Å². The Labute approximate surface area is 150 Å². The summed E-state index contributed by atoms with van der Waals surface area (Å²) in [7, 11) is -3.17. The van der Waals surface area contributed by atoms with E-state index in [1.54, 1.807) is 0 Å². The van der Waals surface area contributed by atoms with Gasteiger partial charge in [-0.05, 0) is 35.4 Å². The highest BCUT2D eigenvalue weighted by molar-refractivity contribution is 9.10. The summed E-state index contributed by atoms with van der Waals surface area (Å²) in [4.78, 5) is 0. The smallest absolute Gasteiger partial charge is 0.300 e. The van der Waals surface area contributed by atoms with Crippen LogP contribution in [-0.4, -0.2) is 6.61 Å². The first-order valence-electron chi connectivity index (χ1n) is 7.85. The van der Waals surface area contributed by atoms with Crippen molar-refractivity contribution in [2.45, 2.75) is 13.5 Å². The van der Waals surface area contributed by atoms with Gasteiger partial charge in [0.2, 0.25) is 0 Å². The second-order valence-electron chi connectivity index (χ2n) is 5.40. The van der Waals surface area contributed by atoms with E-state index < -0.39 is 7.52 Å². The first kappa shape index (κ1) is 17.4. The van der Waals surface area contributed by atoms with E-state index in [0.717, 1.165) is 20.8 Å². The Morgan fingerprint density at radius 1 is 0.958 bits per heavy atom. The largest absolute Gasteiger partial charge is 0.315 e. The minimum atomic E-state index is -3.17. The Morgan fingerprint density at radius 3 is 2.33 bits per heavy atom. The molecule has 0 saturated carbocycles. The maximum absolute atomic E-state index is 13.6. The van der Waals surface area contributed by atoms with E-state index >= 15 is 0 Å². The van der Waals surface area contributed by atoms with Gasteiger partial charge in [0.15, 0.2) is 0 Å². The quantitative estimate of drug-likeness (QED) is 0.571. The third-order valence-electron chi connectivity index (χ3n) is 3.81. The van der Waals surface area contributed by atoms with Crippen molar-refractivity contribution in [1.29, 1.82) is 0 Å². The number of nitrogens with one attached hydrogen (secondary N) is 1. The topological polar surface area (TPSA) is 38.3 Å². The molecule has 0 amide bonds. The van der Waals surface area contributed by atoms with Crippen molar-refractivity contribution in [3.63, 3.8) is 0 Å². The summed E-state index contributed by atoms with van der Waals surface area (Å²) in [5.41, 5.74) is 1.07. The van der Waals surface area contributed by atoms with Gasteiger partial charge in [-0.3, -0.25) is 4.57 Å². The van der Waals surface area contributed by atoms with Gasteiger partial charge >= 0.3 is 7.52 Å². The molecular formula is C19H19BrNO2P. The molecule has 3 aromatic carbocycles. The molecule has 124 valence electrons. The molecule has 0 spiro atoms. The fraction of sp³-hybridized carbons (Fsp3) is 0.158. The first-order chi connectivity index (χ1) is 11.6. The van der Waals surface area contributed by atoms with Crippen LogP contribution in [0.3, 0.4) is 0 Å². The third kappa shape index (κ3) is 3.62. The van der Waals surface area contributed by atoms with Gasteiger partial charge in [-0.15, -0.1) is 0 Å². The normalized spacial score (nSPS) is 13.8. The minimum absolute atomic E-state index is 0.378. The lowest BCUT2D eigenvalue weighted by Gasteiger charge is -2.21. The standard InChI is InChI=1S/C19H19BrNO2P/c1-2-23-24(22,21-14-15-8-4-3-5-9-15)19-13-12-18(20)16-10-6-7-11-17(16)19/h3-13H,2,14H2,1H3,(H,21,22). The molecule has 3 nitrogen and oxygen atoms in total. The van der Waals surface area contributed by atoms with Gasteiger partial charge in [0.1, 0.15) is 0 Å². The van der Waals surface area contributed by atoms with Crippen LogP contribution >= 0.6 is 23.4 Å². The molecule has 3 rings (SSSR count). The molecule has 0 radical (unpaired) electrons. The Balaban J connectivity index is 2.01. The molecule has 0 aliphatic rings. The summed E-state index contributed by atoms with van der Waals surface area (Å²) in [6.07, 6.45) is 0. The van der Waals surface area contributed by atoms with Gasteiger partial charge in [-0.2, -0.15) is 0 Å². The maximum atomic E-state index is 13.6. The van der Waals surface area contributed by atoms with Gasteiger partial charge < -0.3 is 4.52 Å². The highest BCUT2D eigenvalue weighted by Gasteiger charge is 2.27. The van der Waals surface area contributed by atoms with Crippen LogP contribution in [0.4, 0.5) is 0 Å². The van der Waals surface area contributed by atoms with Crippen molar-refractivity contribution in [2.75, 3.05) is 6.61 Å². The van der Waals surface area contributed by atoms with Crippen molar-refractivity contribution >= 4 is 39.5 Å². The van der Waals surface area contributed by atoms with Gasteiger partial charge in [0, 0.05) is 11.0 Å². The minimum Gasteiger partial charge on any atom is -0.315 e. The fourth-order valence-corrected chi connectivity index (χ4v) is 5.09. The molecule has 3 aromatic rings. The number of fused-ring (bicyclic) bond motifs is 1. The van der Waals surface area contributed by atoms with E-state index in [2.05, 4.69) is 21.0 Å². The summed E-state index contributed by atoms with van der Waals surface area (Å²) in [6, 6.07) is 21.6. The maximum Gasteiger partial charge on any atom is 0.300 e. The van der Waals surface area contributed by atoms with E-state index in [1.165, 1.54) is 0 Å². The van der Waals surface area contributed by atoms with E-state index in [1.807, 2.05) is 73.7 Å². The van der Waals surface area contributed by atoms with E-state index in [-0.39, 0.29) is 0 Å². The zero-order chi connectivity index (χ0) is 17.0. The summed E-state index contributed by atoms with van der Waals surface area (Å²) in [5.74, 6) is 0. The number of hydrogen-bond acceptors (Lipinski definition) is 2. The highest BCUT2D eigenvalue weighted by atomic mass is 79.9. The molecule has 0 aromatic heterocycles. The van der Waals surface area contributed by atoms with Crippen LogP contribution in [-0.2, 0) is 15.6 Å². The van der Waals surface area contributed by atoms with Crippen LogP contribution < -0.4 is 10.4 Å². The predicted molar refractivity (Wildman–Crippen MR) is 104 cm³/mol. The third-order valence-corrected chi connectivity index (χ3v) is 6.72. The fourth-order valence-electron chi connectivity index (χ4n) is 2.68. The van der Waals surface area contributed by atoms with Crippen molar-refractivity contribution in [1.82, 2.24) is 5.09 Å². The summed E-state index contributed by atoms with van der Waals surface area (Å²) < 4.78 is 20.3. The van der Waals surface area contributed by atoms with E-state index in [9.17, 15) is 4.57 Å². The molecule has 1 atom stereocenters. The van der Waals surface area contributed by atoms with Crippen LogP contribution in [0.25, 0.3) is 10.8 Å². The average Bonchev–Trinajstić information content (AvgIpc) is 2.62. The number of rotatable bonds is 6. The van der Waals surface area contributed by atoms with E-state index in [0.29, 0.717) is 18.5 Å². The molecule has 24 heavy (non-hydrogen) atoms. The molecule has 1 unspecified atom stereocenters. The molecule has 0 saturated heterocycles. The zero-order valence-electron chi connectivity index (χ0n) is 13.4. The predicted octanol–water partition coefficient (Wildman–Crippen LogP) is 5.25. The Bertz CT molecular complexity index is 883. The average molecular weight is 404 g/mol. The molecule has 1 N–H and O–H groups in total. The molecule has 0 fully saturated rings. The van der Waals surface area contributed by atoms with Gasteiger partial charge in [-0.1, -0.05) is 70.5 Å². The monoisotopic (exact) mass is 403 g/mol. The van der Waals surface area contributed by atoms with Gasteiger partial charge in [-0.25, -0.2) is 5.09 Å². The first-order valence-corrected chi connectivity index (χ1v) is 10.3. The molecule has 5 heteroatoms. The van der Waals surface area contributed by atoms with Crippen LogP contribution in [0.15, 0.2) is 71.2 Å². The zero-order valence-corrected chi connectivity index (χ0v) is 15.9.